The molecule has 1 aliphatic heterocycles. The Labute approximate surface area is 153 Å². The summed E-state index contributed by atoms with van der Waals surface area (Å²) in [5, 5.41) is 29.5. The van der Waals surface area contributed by atoms with Gasteiger partial charge in [0, 0.05) is 18.5 Å². The van der Waals surface area contributed by atoms with Crippen LogP contribution in [-0.2, 0) is 4.79 Å². The van der Waals surface area contributed by atoms with E-state index in [1.165, 1.54) is 4.90 Å². The molecule has 0 unspecified atom stereocenters. The fourth-order valence-corrected chi connectivity index (χ4v) is 4.15. The van der Waals surface area contributed by atoms with Crippen molar-refractivity contribution in [3.63, 3.8) is 0 Å². The third-order valence-corrected chi connectivity index (χ3v) is 5.49. The number of amidine groups is 1. The van der Waals surface area contributed by atoms with E-state index in [2.05, 4.69) is 17.1 Å². The summed E-state index contributed by atoms with van der Waals surface area (Å²) in [6.45, 7) is 0.230. The molecule has 3 rings (SSSR count). The number of amides is 1. The number of carbonyl (C=O) groups excluding carboxylic acids is 1. The smallest absolute Gasteiger partial charge is 0.239 e. The van der Waals surface area contributed by atoms with Crippen molar-refractivity contribution in [1.29, 1.82) is 10.5 Å². The second-order valence-electron chi connectivity index (χ2n) is 6.93. The van der Waals surface area contributed by atoms with E-state index in [-0.39, 0.29) is 31.7 Å². The van der Waals surface area contributed by atoms with Gasteiger partial charge in [-0.2, -0.15) is 10.5 Å². The summed E-state index contributed by atoms with van der Waals surface area (Å²) >= 11 is 0. The summed E-state index contributed by atoms with van der Waals surface area (Å²) in [6.07, 6.45) is 3.20. The van der Waals surface area contributed by atoms with Crippen LogP contribution < -0.4 is 0 Å². The average Bonchev–Trinajstić information content (AvgIpc) is 2.67. The molecule has 0 radical (unpaired) electrons. The van der Waals surface area contributed by atoms with Gasteiger partial charge in [0.15, 0.2) is 5.72 Å². The number of hydrogen-bond donors (Lipinski definition) is 1. The number of aliphatic hydroxyl groups is 1. The molecule has 2 aliphatic rings. The second kappa shape index (κ2) is 7.27. The minimum atomic E-state index is -1.49. The van der Waals surface area contributed by atoms with E-state index in [0.717, 1.165) is 18.4 Å². The summed E-state index contributed by atoms with van der Waals surface area (Å²) in [5.41, 5.74) is -1.82. The molecule has 1 fully saturated rings. The van der Waals surface area contributed by atoms with Gasteiger partial charge in [-0.15, -0.1) is 0 Å². The first kappa shape index (κ1) is 18.1. The summed E-state index contributed by atoms with van der Waals surface area (Å²) in [6, 6.07) is 13.5. The lowest BCUT2D eigenvalue weighted by Crippen LogP contribution is -2.64. The first-order valence-corrected chi connectivity index (χ1v) is 9.01. The molecule has 6 nitrogen and oxygen atoms in total. The zero-order valence-corrected chi connectivity index (χ0v) is 14.7. The summed E-state index contributed by atoms with van der Waals surface area (Å²) < 4.78 is 0. The largest absolute Gasteiger partial charge is 0.368 e. The highest BCUT2D eigenvalue weighted by atomic mass is 16.3. The second-order valence-corrected chi connectivity index (χ2v) is 6.93. The molecule has 1 heterocycles. The molecule has 0 aromatic heterocycles. The Morgan fingerprint density at radius 3 is 2.50 bits per heavy atom. The molecule has 1 N–H and O–H groups in total. The molecule has 6 heteroatoms. The van der Waals surface area contributed by atoms with E-state index in [4.69, 9.17) is 10.5 Å². The van der Waals surface area contributed by atoms with E-state index >= 15 is 0 Å². The van der Waals surface area contributed by atoms with Crippen molar-refractivity contribution in [2.24, 2.45) is 10.4 Å². The van der Waals surface area contributed by atoms with Crippen LogP contribution >= 0.6 is 0 Å². The lowest BCUT2D eigenvalue weighted by Gasteiger charge is -2.52. The predicted octanol–water partition coefficient (Wildman–Crippen LogP) is 2.74. The highest BCUT2D eigenvalue weighted by Crippen LogP contribution is 2.52. The third kappa shape index (κ3) is 2.87. The maximum atomic E-state index is 13.5. The van der Waals surface area contributed by atoms with Gasteiger partial charge in [0.05, 0.1) is 24.0 Å². The van der Waals surface area contributed by atoms with Gasteiger partial charge < -0.3 is 5.11 Å². The molecule has 1 saturated carbocycles. The van der Waals surface area contributed by atoms with Gasteiger partial charge in [-0.25, -0.2) is 4.99 Å². The van der Waals surface area contributed by atoms with Crippen LogP contribution in [0.5, 0.6) is 0 Å². The highest BCUT2D eigenvalue weighted by Gasteiger charge is 2.61. The molecule has 26 heavy (non-hydrogen) atoms. The van der Waals surface area contributed by atoms with Gasteiger partial charge in [-0.1, -0.05) is 36.8 Å². The van der Waals surface area contributed by atoms with E-state index in [9.17, 15) is 9.90 Å². The number of carbonyl (C=O) groups is 1. The number of nitrogens with zero attached hydrogens (tertiary/aromatic N) is 4. The molecule has 0 spiro atoms. The minimum Gasteiger partial charge on any atom is -0.368 e. The van der Waals surface area contributed by atoms with Crippen molar-refractivity contribution in [3.8, 4) is 12.1 Å². The van der Waals surface area contributed by atoms with Crippen molar-refractivity contribution in [2.75, 3.05) is 6.54 Å². The van der Waals surface area contributed by atoms with Crippen molar-refractivity contribution in [3.05, 3.63) is 35.9 Å². The predicted molar refractivity (Wildman–Crippen MR) is 95.6 cm³/mol. The fourth-order valence-electron chi connectivity index (χ4n) is 4.15. The molecule has 2 atom stereocenters. The Balaban J connectivity index is 2.14. The molecule has 1 aromatic rings. The normalized spacial score (nSPS) is 27.9. The Morgan fingerprint density at radius 2 is 1.81 bits per heavy atom. The lowest BCUT2D eigenvalue weighted by atomic mass is 9.63. The first-order valence-electron chi connectivity index (χ1n) is 9.01. The number of fused-ring (bicyclic) bond motifs is 1. The van der Waals surface area contributed by atoms with Crippen molar-refractivity contribution in [1.82, 2.24) is 4.90 Å². The molecular weight excluding hydrogens is 328 g/mol. The maximum absolute atomic E-state index is 13.5. The molecule has 134 valence electrons. The minimum absolute atomic E-state index is 0.185. The Hall–Kier alpha value is -2.70. The summed E-state index contributed by atoms with van der Waals surface area (Å²) in [7, 11) is 0. The average molecular weight is 350 g/mol. The fraction of sp³-hybridized carbons (Fsp3) is 0.500. The first-order chi connectivity index (χ1) is 12.6. The van der Waals surface area contributed by atoms with Crippen LogP contribution in [0.3, 0.4) is 0 Å². The molecule has 1 aliphatic carbocycles. The number of aliphatic imine (C=N–C) groups is 1. The third-order valence-electron chi connectivity index (χ3n) is 5.49. The Bertz CT molecular complexity index is 792. The number of benzene rings is 1. The van der Waals surface area contributed by atoms with Crippen LogP contribution in [-0.4, -0.2) is 34.0 Å². The Kier molecular flexibility index (Phi) is 5.06. The molecule has 0 bridgehead atoms. The van der Waals surface area contributed by atoms with Crippen molar-refractivity contribution < 1.29 is 9.90 Å². The molecular formula is C20H22N4O2. The van der Waals surface area contributed by atoms with Crippen molar-refractivity contribution >= 4 is 11.7 Å². The SMILES string of the molecule is N#CCCN1C(=O)[C@@]2(CCC#N)CCCC[C@]2(O)N=C1c1ccccc1. The topological polar surface area (TPSA) is 100 Å². The maximum Gasteiger partial charge on any atom is 0.239 e. The zero-order valence-electron chi connectivity index (χ0n) is 14.7. The summed E-state index contributed by atoms with van der Waals surface area (Å²) in [4.78, 5) is 19.8. The molecule has 1 amide bonds. The monoisotopic (exact) mass is 350 g/mol. The quantitative estimate of drug-likeness (QED) is 0.882. The Morgan fingerprint density at radius 1 is 1.12 bits per heavy atom. The van der Waals surface area contributed by atoms with E-state index < -0.39 is 11.1 Å². The van der Waals surface area contributed by atoms with E-state index in [1.807, 2.05) is 30.3 Å². The highest BCUT2D eigenvalue weighted by molar-refractivity contribution is 6.11. The van der Waals surface area contributed by atoms with Gasteiger partial charge in [-0.05, 0) is 25.7 Å². The zero-order chi connectivity index (χ0) is 18.6. The van der Waals surface area contributed by atoms with E-state index in [0.29, 0.717) is 18.7 Å². The van der Waals surface area contributed by atoms with Crippen LogP contribution in [0.4, 0.5) is 0 Å². The van der Waals surface area contributed by atoms with Crippen LogP contribution in [0, 0.1) is 28.1 Å². The van der Waals surface area contributed by atoms with Crippen LogP contribution in [0.1, 0.15) is 50.5 Å². The van der Waals surface area contributed by atoms with Crippen molar-refractivity contribution in [2.45, 2.75) is 50.7 Å². The van der Waals surface area contributed by atoms with Gasteiger partial charge in [-0.3, -0.25) is 9.69 Å². The van der Waals surface area contributed by atoms with Crippen LogP contribution in [0.15, 0.2) is 35.3 Å². The van der Waals surface area contributed by atoms with Gasteiger partial charge in [0.25, 0.3) is 0 Å². The number of nitriles is 2. The number of hydrogen-bond acceptors (Lipinski definition) is 5. The molecule has 0 saturated heterocycles. The summed E-state index contributed by atoms with van der Waals surface area (Å²) in [5.74, 6) is 0.210. The van der Waals surface area contributed by atoms with Gasteiger partial charge >= 0.3 is 0 Å². The van der Waals surface area contributed by atoms with Gasteiger partial charge in [0.1, 0.15) is 5.84 Å². The van der Waals surface area contributed by atoms with E-state index in [1.54, 1.807) is 0 Å². The number of rotatable bonds is 5. The van der Waals surface area contributed by atoms with Gasteiger partial charge in [0.2, 0.25) is 5.91 Å². The standard InChI is InChI=1S/C20H22N4O2/c21-13-6-11-19-10-4-5-12-20(19,26)23-17(16-8-2-1-3-9-16)24(18(19)25)15-7-14-22/h1-3,8-9,26H,4-7,10-12,15H2/t19-,20+/m0/s1. The van der Waals surface area contributed by atoms with Crippen LogP contribution in [0.2, 0.25) is 0 Å². The molecule has 1 aromatic carbocycles. The van der Waals surface area contributed by atoms with Crippen LogP contribution in [0.25, 0.3) is 0 Å². The lowest BCUT2D eigenvalue weighted by molar-refractivity contribution is -0.171.